The molecule has 20 heavy (non-hydrogen) atoms. The van der Waals surface area contributed by atoms with E-state index < -0.39 is 0 Å². The summed E-state index contributed by atoms with van der Waals surface area (Å²) in [5, 5.41) is 0. The first-order valence-electron chi connectivity index (χ1n) is 6.28. The highest BCUT2D eigenvalue weighted by molar-refractivity contribution is 6.09. The first kappa shape index (κ1) is 12.5. The van der Waals surface area contributed by atoms with Crippen LogP contribution < -0.4 is 14.2 Å². The van der Waals surface area contributed by atoms with Crippen LogP contribution in [0.5, 0.6) is 17.2 Å². The Labute approximate surface area is 116 Å². The molecule has 0 atom stereocenters. The molecule has 4 nitrogen and oxygen atoms in total. The van der Waals surface area contributed by atoms with E-state index in [1.807, 2.05) is 13.0 Å². The Kier molecular flexibility index (Phi) is 3.06. The molecule has 0 fully saturated rings. The van der Waals surface area contributed by atoms with Crippen molar-refractivity contribution < 1.29 is 19.0 Å². The molecule has 102 valence electrons. The van der Waals surface area contributed by atoms with Crippen LogP contribution in [0.25, 0.3) is 0 Å². The molecule has 0 aromatic heterocycles. The lowest BCUT2D eigenvalue weighted by molar-refractivity contribution is 0.103. The Morgan fingerprint density at radius 2 is 1.75 bits per heavy atom. The Hall–Kier alpha value is -2.49. The molecule has 3 rings (SSSR count). The molecule has 2 aromatic carbocycles. The summed E-state index contributed by atoms with van der Waals surface area (Å²) in [6.07, 6.45) is 0. The van der Waals surface area contributed by atoms with Crippen molar-refractivity contribution in [3.05, 3.63) is 53.1 Å². The number of carbonyl (C=O) groups is 1. The second-order valence-electron chi connectivity index (χ2n) is 4.58. The van der Waals surface area contributed by atoms with Gasteiger partial charge in [-0.1, -0.05) is 0 Å². The molecule has 0 radical (unpaired) electrons. The van der Waals surface area contributed by atoms with Gasteiger partial charge in [-0.15, -0.1) is 0 Å². The van der Waals surface area contributed by atoms with Gasteiger partial charge >= 0.3 is 0 Å². The van der Waals surface area contributed by atoms with Gasteiger partial charge < -0.3 is 14.2 Å². The lowest BCUT2D eigenvalue weighted by Gasteiger charge is -2.07. The molecule has 0 bridgehead atoms. The topological polar surface area (TPSA) is 44.8 Å². The highest BCUT2D eigenvalue weighted by Gasteiger charge is 2.17. The fourth-order valence-corrected chi connectivity index (χ4v) is 2.22. The monoisotopic (exact) mass is 270 g/mol. The average Bonchev–Trinajstić information content (AvgIpc) is 2.93. The number of ketones is 1. The maximum atomic E-state index is 12.5. The van der Waals surface area contributed by atoms with Crippen molar-refractivity contribution in [1.82, 2.24) is 0 Å². The van der Waals surface area contributed by atoms with E-state index in [0.29, 0.717) is 22.6 Å². The van der Waals surface area contributed by atoms with Gasteiger partial charge in [0, 0.05) is 11.1 Å². The molecule has 2 aromatic rings. The lowest BCUT2D eigenvalue weighted by atomic mass is 10.0. The fraction of sp³-hybridized carbons (Fsp3) is 0.188. The Morgan fingerprint density at radius 1 is 1.05 bits per heavy atom. The van der Waals surface area contributed by atoms with Crippen molar-refractivity contribution >= 4 is 5.78 Å². The van der Waals surface area contributed by atoms with E-state index >= 15 is 0 Å². The number of carbonyl (C=O) groups excluding carboxylic acids is 1. The maximum absolute atomic E-state index is 12.5. The fourth-order valence-electron chi connectivity index (χ4n) is 2.22. The molecule has 1 heterocycles. The summed E-state index contributed by atoms with van der Waals surface area (Å²) >= 11 is 0. The second kappa shape index (κ2) is 4.89. The van der Waals surface area contributed by atoms with Crippen LogP contribution in [0.15, 0.2) is 36.4 Å². The molecule has 1 aliphatic rings. The van der Waals surface area contributed by atoms with Gasteiger partial charge in [0.25, 0.3) is 0 Å². The van der Waals surface area contributed by atoms with Crippen LogP contribution in [0, 0.1) is 6.92 Å². The van der Waals surface area contributed by atoms with Crippen LogP contribution >= 0.6 is 0 Å². The van der Waals surface area contributed by atoms with Crippen LogP contribution in [0.2, 0.25) is 0 Å². The first-order valence-corrected chi connectivity index (χ1v) is 6.28. The van der Waals surface area contributed by atoms with Gasteiger partial charge in [-0.3, -0.25) is 4.79 Å². The average molecular weight is 270 g/mol. The predicted molar refractivity (Wildman–Crippen MR) is 73.7 cm³/mol. The summed E-state index contributed by atoms with van der Waals surface area (Å²) < 4.78 is 15.7. The van der Waals surface area contributed by atoms with Gasteiger partial charge in [0.05, 0.1) is 7.11 Å². The summed E-state index contributed by atoms with van der Waals surface area (Å²) in [5.41, 5.74) is 2.14. The number of fused-ring (bicyclic) bond motifs is 1. The van der Waals surface area contributed by atoms with Gasteiger partial charge in [-0.25, -0.2) is 0 Å². The Bertz CT molecular complexity index is 676. The largest absolute Gasteiger partial charge is 0.496 e. The number of hydrogen-bond acceptors (Lipinski definition) is 4. The van der Waals surface area contributed by atoms with E-state index in [4.69, 9.17) is 14.2 Å². The third-order valence-corrected chi connectivity index (χ3v) is 3.29. The highest BCUT2D eigenvalue weighted by Crippen LogP contribution is 2.33. The van der Waals surface area contributed by atoms with E-state index in [1.54, 1.807) is 37.4 Å². The van der Waals surface area contributed by atoms with Crippen LogP contribution in [0.4, 0.5) is 0 Å². The van der Waals surface area contributed by atoms with Crippen LogP contribution in [-0.4, -0.2) is 19.7 Å². The van der Waals surface area contributed by atoms with Crippen molar-refractivity contribution in [1.29, 1.82) is 0 Å². The smallest absolute Gasteiger partial charge is 0.231 e. The quantitative estimate of drug-likeness (QED) is 0.804. The Morgan fingerprint density at radius 3 is 2.50 bits per heavy atom. The van der Waals surface area contributed by atoms with E-state index in [1.165, 1.54) is 0 Å². The van der Waals surface area contributed by atoms with Crippen LogP contribution in [0.3, 0.4) is 0 Å². The molecule has 1 aliphatic heterocycles. The minimum atomic E-state index is -0.0472. The molecule has 0 N–H and O–H groups in total. The third kappa shape index (κ3) is 2.09. The van der Waals surface area contributed by atoms with Crippen molar-refractivity contribution in [3.8, 4) is 17.2 Å². The molecule has 0 aliphatic carbocycles. The number of hydrogen-bond donors (Lipinski definition) is 0. The third-order valence-electron chi connectivity index (χ3n) is 3.29. The molecule has 0 unspecified atom stereocenters. The molecule has 0 saturated carbocycles. The van der Waals surface area contributed by atoms with Gasteiger partial charge in [0.15, 0.2) is 17.3 Å². The van der Waals surface area contributed by atoms with Gasteiger partial charge in [-0.2, -0.15) is 0 Å². The molecule has 4 heteroatoms. The molecule has 0 amide bonds. The van der Waals surface area contributed by atoms with Gasteiger partial charge in [-0.05, 0) is 48.9 Å². The summed E-state index contributed by atoms with van der Waals surface area (Å²) in [5.74, 6) is 2.01. The number of aryl methyl sites for hydroxylation is 1. The Balaban J connectivity index is 1.94. The summed E-state index contributed by atoms with van der Waals surface area (Å²) in [6.45, 7) is 2.11. The van der Waals surface area contributed by atoms with E-state index in [-0.39, 0.29) is 12.6 Å². The highest BCUT2D eigenvalue weighted by atomic mass is 16.7. The van der Waals surface area contributed by atoms with Crippen molar-refractivity contribution in [2.45, 2.75) is 6.92 Å². The first-order chi connectivity index (χ1) is 9.69. The van der Waals surface area contributed by atoms with E-state index in [9.17, 15) is 4.79 Å². The summed E-state index contributed by atoms with van der Waals surface area (Å²) in [6, 6.07) is 10.6. The standard InChI is InChI=1S/C16H14O4/c1-10-7-11(3-5-13(10)18-2)16(17)12-4-6-14-15(8-12)20-9-19-14/h3-8H,9H2,1-2H3. The summed E-state index contributed by atoms with van der Waals surface area (Å²) in [7, 11) is 1.61. The van der Waals surface area contributed by atoms with Crippen molar-refractivity contribution in [2.75, 3.05) is 13.9 Å². The van der Waals surface area contributed by atoms with Crippen molar-refractivity contribution in [3.63, 3.8) is 0 Å². The number of rotatable bonds is 3. The van der Waals surface area contributed by atoms with E-state index in [0.717, 1.165) is 11.3 Å². The van der Waals surface area contributed by atoms with E-state index in [2.05, 4.69) is 0 Å². The van der Waals surface area contributed by atoms with Crippen LogP contribution in [0.1, 0.15) is 21.5 Å². The van der Waals surface area contributed by atoms with Gasteiger partial charge in [0.2, 0.25) is 6.79 Å². The second-order valence-corrected chi connectivity index (χ2v) is 4.58. The molecule has 0 spiro atoms. The molecule has 0 saturated heterocycles. The maximum Gasteiger partial charge on any atom is 0.231 e. The van der Waals surface area contributed by atoms with Crippen molar-refractivity contribution in [2.24, 2.45) is 0 Å². The van der Waals surface area contributed by atoms with Crippen LogP contribution in [-0.2, 0) is 0 Å². The zero-order valence-electron chi connectivity index (χ0n) is 11.3. The minimum Gasteiger partial charge on any atom is -0.496 e. The zero-order chi connectivity index (χ0) is 14.1. The summed E-state index contributed by atoms with van der Waals surface area (Å²) in [4.78, 5) is 12.5. The predicted octanol–water partition coefficient (Wildman–Crippen LogP) is 2.96. The molecular weight excluding hydrogens is 256 g/mol. The number of ether oxygens (including phenoxy) is 3. The van der Waals surface area contributed by atoms with Gasteiger partial charge in [0.1, 0.15) is 5.75 Å². The molecular formula is C16H14O4. The SMILES string of the molecule is COc1ccc(C(=O)c2ccc3c(c2)OCO3)cc1C. The normalized spacial score (nSPS) is 12.3. The zero-order valence-corrected chi connectivity index (χ0v) is 11.3. The lowest BCUT2D eigenvalue weighted by Crippen LogP contribution is -2.02. The number of methoxy groups -OCH3 is 1. The minimum absolute atomic E-state index is 0.0472. The number of benzene rings is 2.